The van der Waals surface area contributed by atoms with Gasteiger partial charge in [0.15, 0.2) is 0 Å². The van der Waals surface area contributed by atoms with E-state index in [1.165, 1.54) is 21.4 Å². The molecular weight excluding hydrogens is 750 g/mol. The minimum absolute atomic E-state index is 0. The van der Waals surface area contributed by atoms with E-state index in [1.54, 1.807) is 12.7 Å². The Morgan fingerprint density at radius 2 is 1.50 bits per heavy atom. The molecule has 0 radical (unpaired) electrons. The van der Waals surface area contributed by atoms with E-state index in [0.29, 0.717) is 22.9 Å². The van der Waals surface area contributed by atoms with Crippen molar-refractivity contribution in [2.75, 3.05) is 16.8 Å². The number of para-hydroxylation sites is 3. The number of aromatic nitrogens is 3. The average molecular weight is 781 g/mol. The zero-order valence-corrected chi connectivity index (χ0v) is 27.2. The van der Waals surface area contributed by atoms with Crippen LogP contribution in [-0.4, -0.2) is 21.1 Å². The number of fused-ring (bicyclic) bond motifs is 7. The third kappa shape index (κ3) is 4.32. The molecule has 0 fully saturated rings. The van der Waals surface area contributed by atoms with Crippen LogP contribution in [0.1, 0.15) is 9.68 Å². The summed E-state index contributed by atoms with van der Waals surface area (Å²) in [7, 11) is 2.10. The van der Waals surface area contributed by atoms with Crippen molar-refractivity contribution >= 4 is 60.7 Å². The fourth-order valence-corrected chi connectivity index (χ4v) is 6.55. The second-order valence-electron chi connectivity index (χ2n) is 11.4. The monoisotopic (exact) mass is 780 g/mol. The van der Waals surface area contributed by atoms with E-state index in [0.717, 1.165) is 44.2 Å². The Balaban J connectivity index is 0.00000348. The summed E-state index contributed by atoms with van der Waals surface area (Å²) in [5, 5.41) is 4.43. The second kappa shape index (κ2) is 10.8. The van der Waals surface area contributed by atoms with Crippen LogP contribution in [0.5, 0.6) is 11.5 Å². The van der Waals surface area contributed by atoms with Crippen LogP contribution >= 0.6 is 0 Å². The Morgan fingerprint density at radius 3 is 2.39 bits per heavy atom. The van der Waals surface area contributed by atoms with Gasteiger partial charge in [0.25, 0.3) is 0 Å². The van der Waals surface area contributed by atoms with E-state index in [1.807, 2.05) is 65.7 Å². The maximum Gasteiger partial charge on any atom is 0.137 e. The molecule has 46 heavy (non-hydrogen) atoms. The number of ether oxygens (including phenoxy) is 1. The third-order valence-electron chi connectivity index (χ3n) is 8.68. The van der Waals surface area contributed by atoms with Crippen molar-refractivity contribution < 1.29 is 29.9 Å². The summed E-state index contributed by atoms with van der Waals surface area (Å²) in [6.07, 6.45) is 1.96. The molecule has 0 aliphatic carbocycles. The summed E-state index contributed by atoms with van der Waals surface area (Å²) in [5.41, 5.74) is 7.38. The summed E-state index contributed by atoms with van der Waals surface area (Å²) in [5.74, 6) is 1.80. The molecule has 5 aromatic carbocycles. The summed E-state index contributed by atoms with van der Waals surface area (Å²) in [6, 6.07) is 40.8. The maximum atomic E-state index is 8.03. The van der Waals surface area contributed by atoms with Crippen LogP contribution in [0, 0.1) is 25.7 Å². The average Bonchev–Trinajstić information content (AvgIpc) is 3.73. The minimum atomic E-state index is -2.33. The molecule has 0 unspecified atom stereocenters. The molecule has 0 bridgehead atoms. The molecule has 1 aliphatic rings. The zero-order valence-electron chi connectivity index (χ0n) is 27.9. The summed E-state index contributed by atoms with van der Waals surface area (Å²) in [4.78, 5) is 8.09. The molecule has 0 saturated carbocycles. The van der Waals surface area contributed by atoms with E-state index < -0.39 is 6.98 Å². The van der Waals surface area contributed by atoms with Gasteiger partial charge in [-0.25, -0.2) is 4.98 Å². The number of pyridine rings is 1. The first kappa shape index (κ1) is 25.2. The molecule has 0 atom stereocenters. The summed E-state index contributed by atoms with van der Waals surface area (Å²) < 4.78 is 34.8. The van der Waals surface area contributed by atoms with Gasteiger partial charge in [0, 0.05) is 89.2 Å². The van der Waals surface area contributed by atoms with Crippen LogP contribution in [0.3, 0.4) is 0 Å². The fourth-order valence-electron chi connectivity index (χ4n) is 6.55. The number of benzene rings is 5. The number of hydrogen-bond acceptors (Lipinski definition) is 4. The summed E-state index contributed by atoms with van der Waals surface area (Å²) >= 11 is 0. The van der Waals surface area contributed by atoms with E-state index in [2.05, 4.69) is 77.7 Å². The Bertz CT molecular complexity index is 2570. The van der Waals surface area contributed by atoms with Gasteiger partial charge in [-0.05, 0) is 49.1 Å². The Hall–Kier alpha value is -5.06. The molecule has 228 valence electrons. The first-order valence-corrected chi connectivity index (χ1v) is 14.8. The fraction of sp³-hybridized carbons (Fsp3) is 0.0769. The van der Waals surface area contributed by atoms with Gasteiger partial charge < -0.3 is 23.7 Å². The molecule has 8 aromatic rings. The molecular formula is C39H28N5OPt-3. The molecule has 1 aliphatic heterocycles. The van der Waals surface area contributed by atoms with Gasteiger partial charge >= 0.3 is 0 Å². The number of rotatable bonds is 4. The largest absolute Gasteiger partial charge is 0.509 e. The van der Waals surface area contributed by atoms with Crippen LogP contribution in [-0.2, 0) is 28.1 Å². The smallest absolute Gasteiger partial charge is 0.137 e. The molecule has 3 aromatic heterocycles. The first-order chi connectivity index (χ1) is 23.2. The third-order valence-corrected chi connectivity index (χ3v) is 8.68. The topological polar surface area (TPSA) is 38.5 Å². The van der Waals surface area contributed by atoms with Crippen LogP contribution in [0.15, 0.2) is 109 Å². The van der Waals surface area contributed by atoms with Gasteiger partial charge in [-0.3, -0.25) is 0 Å². The van der Waals surface area contributed by atoms with Gasteiger partial charge in [0.05, 0.1) is 5.52 Å². The number of aryl methyl sites for hydroxylation is 2. The maximum absolute atomic E-state index is 8.03. The molecule has 0 amide bonds. The van der Waals surface area contributed by atoms with Gasteiger partial charge in [0.1, 0.15) is 5.82 Å². The molecule has 6 nitrogen and oxygen atoms in total. The van der Waals surface area contributed by atoms with E-state index in [-0.39, 0.29) is 21.1 Å². The molecule has 4 heterocycles. The predicted octanol–water partition coefficient (Wildman–Crippen LogP) is 9.23. The van der Waals surface area contributed by atoms with Crippen LogP contribution in [0.2, 0.25) is 0 Å². The van der Waals surface area contributed by atoms with Crippen molar-refractivity contribution in [2.24, 2.45) is 7.05 Å². The molecule has 9 rings (SSSR count). The number of nitrogens with zero attached hydrogens (tertiary/aromatic N) is 5. The van der Waals surface area contributed by atoms with Crippen molar-refractivity contribution in [3.8, 4) is 17.3 Å². The van der Waals surface area contributed by atoms with E-state index in [4.69, 9.17) is 13.8 Å². The van der Waals surface area contributed by atoms with Crippen LogP contribution < -0.4 is 14.5 Å². The SMILES string of the molecule is [2H]C([2H])([2H])N1[CH-]N(c2[c-]c(Oc3[c-]c4c(cc3)c3ccccc3n4-c3cc4c(cn3)c3ccc(C)cc3n4C)ccc2)c2ccccc21.[Pt]. The standard InChI is InChI=1S/C39H28N5O.Pt/c1-25-15-17-31-32-23-40-39(22-37(32)42(3)36(31)19-25)44-33-12-5-4-11-29(33)30-18-16-28(21-38(30)44)45-27-10-8-9-26(20-27)43-24-41(2)34-13-6-7-14-35(34)43;/h4-19,22-24H,1-3H3;/q-3;/i2D3;. The van der Waals surface area contributed by atoms with Crippen molar-refractivity contribution in [1.29, 1.82) is 0 Å². The van der Waals surface area contributed by atoms with Crippen LogP contribution in [0.25, 0.3) is 49.4 Å². The van der Waals surface area contributed by atoms with Crippen molar-refractivity contribution in [3.05, 3.63) is 134 Å². The van der Waals surface area contributed by atoms with Gasteiger partial charge in [-0.2, -0.15) is 18.8 Å². The van der Waals surface area contributed by atoms with Crippen molar-refractivity contribution in [2.45, 2.75) is 6.92 Å². The predicted molar refractivity (Wildman–Crippen MR) is 183 cm³/mol. The van der Waals surface area contributed by atoms with Crippen molar-refractivity contribution in [3.63, 3.8) is 0 Å². The zero-order chi connectivity index (χ0) is 32.7. The van der Waals surface area contributed by atoms with Crippen molar-refractivity contribution in [1.82, 2.24) is 14.1 Å². The molecule has 0 N–H and O–H groups in total. The minimum Gasteiger partial charge on any atom is -0.509 e. The molecule has 0 saturated heterocycles. The Morgan fingerprint density at radius 1 is 0.739 bits per heavy atom. The van der Waals surface area contributed by atoms with Crippen LogP contribution in [0.4, 0.5) is 17.1 Å². The number of hydrogen-bond donors (Lipinski definition) is 0. The van der Waals surface area contributed by atoms with Gasteiger partial charge in [-0.15, -0.1) is 41.4 Å². The van der Waals surface area contributed by atoms with Gasteiger partial charge in [-0.1, -0.05) is 48.0 Å². The summed E-state index contributed by atoms with van der Waals surface area (Å²) in [6.45, 7) is 1.37. The Labute approximate surface area is 285 Å². The quantitative estimate of drug-likeness (QED) is 0.167. The Kier molecular flexibility index (Phi) is 5.90. The second-order valence-corrected chi connectivity index (χ2v) is 11.4. The first-order valence-electron chi connectivity index (χ1n) is 16.3. The number of anilines is 3. The van der Waals surface area contributed by atoms with E-state index in [9.17, 15) is 0 Å². The molecule has 0 spiro atoms. The van der Waals surface area contributed by atoms with Gasteiger partial charge in [0.2, 0.25) is 0 Å². The molecule has 7 heteroatoms. The normalized spacial score (nSPS) is 14.0. The van der Waals surface area contributed by atoms with E-state index >= 15 is 0 Å².